The Hall–Kier alpha value is -0.190. The van der Waals surface area contributed by atoms with E-state index in [1.807, 2.05) is 0 Å². The number of halogens is 1. The minimum atomic E-state index is 0. The summed E-state index contributed by atoms with van der Waals surface area (Å²) in [7, 11) is 0. The molecule has 0 aliphatic heterocycles. The lowest BCUT2D eigenvalue weighted by Gasteiger charge is -2.37. The van der Waals surface area contributed by atoms with E-state index < -0.39 is 0 Å². The second-order valence-electron chi connectivity index (χ2n) is 2.61. The maximum atomic E-state index is 5.34. The van der Waals surface area contributed by atoms with Crippen molar-refractivity contribution in [1.82, 2.24) is 5.32 Å². The maximum absolute atomic E-state index is 5.34. The zero-order valence-electron chi connectivity index (χ0n) is 6.31. The van der Waals surface area contributed by atoms with Gasteiger partial charge >= 0.3 is 0 Å². The monoisotopic (exact) mass is 159 g/mol. The molecule has 1 aliphatic carbocycles. The molecule has 1 saturated carbocycles. The molecular weight excluding hydrogens is 146 g/mol. The number of nitrogens with one attached hydrogen (secondary N) is 1. The SMILES string of the molecule is C#CC1(NCC)CCC1.Cl. The van der Waals surface area contributed by atoms with Crippen molar-refractivity contribution in [3.05, 3.63) is 0 Å². The van der Waals surface area contributed by atoms with Gasteiger partial charge in [0.25, 0.3) is 0 Å². The van der Waals surface area contributed by atoms with Gasteiger partial charge in [0.1, 0.15) is 0 Å². The van der Waals surface area contributed by atoms with Crippen LogP contribution < -0.4 is 5.32 Å². The van der Waals surface area contributed by atoms with Gasteiger partial charge in [-0.2, -0.15) is 0 Å². The summed E-state index contributed by atoms with van der Waals surface area (Å²) in [5, 5.41) is 3.31. The molecule has 0 bridgehead atoms. The fraction of sp³-hybridized carbons (Fsp3) is 0.750. The fourth-order valence-electron chi connectivity index (χ4n) is 1.24. The second kappa shape index (κ2) is 3.85. The highest BCUT2D eigenvalue weighted by atomic mass is 35.5. The Morgan fingerprint density at radius 3 is 2.30 bits per heavy atom. The second-order valence-corrected chi connectivity index (χ2v) is 2.61. The van der Waals surface area contributed by atoms with E-state index in [1.54, 1.807) is 0 Å². The molecule has 0 spiro atoms. The van der Waals surface area contributed by atoms with Gasteiger partial charge in [-0.3, -0.25) is 0 Å². The van der Waals surface area contributed by atoms with Gasteiger partial charge in [0.2, 0.25) is 0 Å². The largest absolute Gasteiger partial charge is 0.301 e. The molecule has 0 aromatic carbocycles. The molecule has 1 N–H and O–H groups in total. The van der Waals surface area contributed by atoms with E-state index in [4.69, 9.17) is 6.42 Å². The van der Waals surface area contributed by atoms with Crippen molar-refractivity contribution in [1.29, 1.82) is 0 Å². The predicted molar refractivity (Wildman–Crippen MR) is 46.3 cm³/mol. The zero-order chi connectivity index (χ0) is 6.74. The summed E-state index contributed by atoms with van der Waals surface area (Å²) in [6.45, 7) is 3.08. The van der Waals surface area contributed by atoms with Crippen molar-refractivity contribution < 1.29 is 0 Å². The van der Waals surface area contributed by atoms with Gasteiger partial charge in [0.15, 0.2) is 0 Å². The Labute approximate surface area is 69.0 Å². The molecule has 0 heterocycles. The predicted octanol–water partition coefficient (Wildman–Crippen LogP) is 1.57. The van der Waals surface area contributed by atoms with Crippen molar-refractivity contribution in [2.24, 2.45) is 0 Å². The van der Waals surface area contributed by atoms with Crippen molar-refractivity contribution in [3.8, 4) is 12.3 Å². The quantitative estimate of drug-likeness (QED) is 0.604. The van der Waals surface area contributed by atoms with E-state index in [-0.39, 0.29) is 17.9 Å². The molecule has 0 amide bonds. The van der Waals surface area contributed by atoms with Crippen molar-refractivity contribution >= 4 is 12.4 Å². The van der Waals surface area contributed by atoms with Gasteiger partial charge in [-0.15, -0.1) is 18.8 Å². The lowest BCUT2D eigenvalue weighted by molar-refractivity contribution is 0.263. The first-order chi connectivity index (χ1) is 4.33. The van der Waals surface area contributed by atoms with Crippen LogP contribution in [-0.2, 0) is 0 Å². The number of hydrogen-bond donors (Lipinski definition) is 1. The molecule has 0 saturated heterocycles. The highest BCUT2D eigenvalue weighted by molar-refractivity contribution is 5.85. The van der Waals surface area contributed by atoms with Crippen LogP contribution in [0.25, 0.3) is 0 Å². The lowest BCUT2D eigenvalue weighted by atomic mass is 9.77. The molecule has 0 aromatic heterocycles. The third kappa shape index (κ3) is 1.65. The molecule has 0 radical (unpaired) electrons. The molecule has 0 unspecified atom stereocenters. The summed E-state index contributed by atoms with van der Waals surface area (Å²) >= 11 is 0. The van der Waals surface area contributed by atoms with Crippen LogP contribution in [0, 0.1) is 12.3 Å². The molecule has 1 nitrogen and oxygen atoms in total. The van der Waals surface area contributed by atoms with Crippen molar-refractivity contribution in [3.63, 3.8) is 0 Å². The van der Waals surface area contributed by atoms with Gasteiger partial charge in [0.05, 0.1) is 5.54 Å². The first-order valence-electron chi connectivity index (χ1n) is 3.56. The van der Waals surface area contributed by atoms with Crippen LogP contribution in [0.5, 0.6) is 0 Å². The van der Waals surface area contributed by atoms with Crippen LogP contribution in [0.4, 0.5) is 0 Å². The smallest absolute Gasteiger partial charge is 0.0798 e. The fourth-order valence-corrected chi connectivity index (χ4v) is 1.24. The normalized spacial score (nSPS) is 20.0. The zero-order valence-corrected chi connectivity index (χ0v) is 7.13. The van der Waals surface area contributed by atoms with Crippen LogP contribution in [0.1, 0.15) is 26.2 Å². The molecule has 0 atom stereocenters. The Bertz CT molecular complexity index is 133. The number of hydrogen-bond acceptors (Lipinski definition) is 1. The Balaban J connectivity index is 0.000000810. The van der Waals surface area contributed by atoms with E-state index in [2.05, 4.69) is 18.2 Å². The standard InChI is InChI=1S/C8H13N.ClH/c1-3-8(9-4-2)6-5-7-8;/h1,9H,4-7H2,2H3;1H. The third-order valence-electron chi connectivity index (χ3n) is 2.00. The van der Waals surface area contributed by atoms with Gasteiger partial charge in [-0.25, -0.2) is 0 Å². The van der Waals surface area contributed by atoms with E-state index in [1.165, 1.54) is 6.42 Å². The Kier molecular flexibility index (Phi) is 3.78. The molecule has 1 fully saturated rings. The first-order valence-corrected chi connectivity index (χ1v) is 3.56. The average molecular weight is 160 g/mol. The minimum Gasteiger partial charge on any atom is -0.301 e. The summed E-state index contributed by atoms with van der Waals surface area (Å²) < 4.78 is 0. The van der Waals surface area contributed by atoms with Crippen LogP contribution in [0.15, 0.2) is 0 Å². The molecule has 1 rings (SSSR count). The summed E-state index contributed by atoms with van der Waals surface area (Å²) in [6, 6.07) is 0. The molecule has 10 heavy (non-hydrogen) atoms. The van der Waals surface area contributed by atoms with Gasteiger partial charge < -0.3 is 5.32 Å². The van der Waals surface area contributed by atoms with Crippen LogP contribution in [0.3, 0.4) is 0 Å². The number of rotatable bonds is 2. The molecule has 0 aromatic rings. The Morgan fingerprint density at radius 2 is 2.20 bits per heavy atom. The van der Waals surface area contributed by atoms with E-state index in [0.29, 0.717) is 0 Å². The molecule has 58 valence electrons. The van der Waals surface area contributed by atoms with Gasteiger partial charge in [-0.1, -0.05) is 12.8 Å². The summed E-state index contributed by atoms with van der Waals surface area (Å²) in [6.07, 6.45) is 8.96. The van der Waals surface area contributed by atoms with Gasteiger partial charge in [0, 0.05) is 0 Å². The number of terminal acetylenes is 1. The molecule has 1 aliphatic rings. The van der Waals surface area contributed by atoms with E-state index in [9.17, 15) is 0 Å². The first kappa shape index (κ1) is 9.81. The van der Waals surface area contributed by atoms with E-state index >= 15 is 0 Å². The van der Waals surface area contributed by atoms with Crippen molar-refractivity contribution in [2.75, 3.05) is 6.54 Å². The van der Waals surface area contributed by atoms with Gasteiger partial charge in [-0.05, 0) is 25.8 Å². The van der Waals surface area contributed by atoms with Crippen molar-refractivity contribution in [2.45, 2.75) is 31.7 Å². The highest BCUT2D eigenvalue weighted by Gasteiger charge is 2.33. The third-order valence-corrected chi connectivity index (χ3v) is 2.00. The van der Waals surface area contributed by atoms with Crippen LogP contribution >= 0.6 is 12.4 Å². The lowest BCUT2D eigenvalue weighted by Crippen LogP contribution is -2.49. The minimum absolute atomic E-state index is 0. The molecule has 2 heteroatoms. The maximum Gasteiger partial charge on any atom is 0.0798 e. The summed E-state index contributed by atoms with van der Waals surface area (Å²) in [5.74, 6) is 2.80. The summed E-state index contributed by atoms with van der Waals surface area (Å²) in [5.41, 5.74) is 0.0920. The summed E-state index contributed by atoms with van der Waals surface area (Å²) in [4.78, 5) is 0. The molecular formula is C8H14ClN. The average Bonchev–Trinajstić information content (AvgIpc) is 1.79. The van der Waals surface area contributed by atoms with Crippen LogP contribution in [-0.4, -0.2) is 12.1 Å². The highest BCUT2D eigenvalue weighted by Crippen LogP contribution is 2.30. The Morgan fingerprint density at radius 1 is 1.60 bits per heavy atom. The van der Waals surface area contributed by atoms with Crippen LogP contribution in [0.2, 0.25) is 0 Å². The topological polar surface area (TPSA) is 12.0 Å². The van der Waals surface area contributed by atoms with E-state index in [0.717, 1.165) is 19.4 Å².